The molecule has 2 aromatic rings. The lowest BCUT2D eigenvalue weighted by Gasteiger charge is -2.28. The lowest BCUT2D eigenvalue weighted by molar-refractivity contribution is -0.123. The van der Waals surface area contributed by atoms with Crippen molar-refractivity contribution in [1.29, 1.82) is 0 Å². The second-order valence-electron chi connectivity index (χ2n) is 7.88. The number of anilines is 2. The zero-order valence-electron chi connectivity index (χ0n) is 15.3. The number of carbonyl (C=O) groups is 3. The summed E-state index contributed by atoms with van der Waals surface area (Å²) >= 11 is 7.40. The van der Waals surface area contributed by atoms with Crippen molar-refractivity contribution in [1.82, 2.24) is 0 Å². The van der Waals surface area contributed by atoms with Crippen LogP contribution >= 0.6 is 31.9 Å². The van der Waals surface area contributed by atoms with Crippen LogP contribution in [0.5, 0.6) is 0 Å². The minimum atomic E-state index is -0.244. The molecule has 7 heteroatoms. The second-order valence-corrected chi connectivity index (χ2v) is 10.00. The Labute approximate surface area is 185 Å². The number of alkyl halides is 2. The van der Waals surface area contributed by atoms with E-state index < -0.39 is 0 Å². The standard InChI is InChI=1S/C22H18Br2N2O3/c23-18-14-10-15(19(18)24)17-16(14)21(28)26(22(17)29)13-8-6-11(7-9-13)20(27)25-12-4-2-1-3-5-12/h1-9,14-19H,10H2,(H,25,27)/t14-,15-,16-,17+,18+,19+/m1/s1. The van der Waals surface area contributed by atoms with E-state index in [0.717, 1.165) is 6.42 Å². The average Bonchev–Trinajstić information content (AvgIpc) is 3.34. The maximum Gasteiger partial charge on any atom is 0.255 e. The van der Waals surface area contributed by atoms with Crippen molar-refractivity contribution < 1.29 is 14.4 Å². The van der Waals surface area contributed by atoms with Crippen LogP contribution in [0, 0.1) is 23.7 Å². The summed E-state index contributed by atoms with van der Waals surface area (Å²) in [5, 5.41) is 2.83. The van der Waals surface area contributed by atoms with Crippen LogP contribution in [0.4, 0.5) is 11.4 Å². The van der Waals surface area contributed by atoms with Crippen molar-refractivity contribution in [3.05, 3.63) is 60.2 Å². The molecule has 2 aliphatic carbocycles. The molecule has 2 aromatic carbocycles. The summed E-state index contributed by atoms with van der Waals surface area (Å²) in [5.41, 5.74) is 1.71. The van der Waals surface area contributed by atoms with Crippen molar-refractivity contribution in [3.63, 3.8) is 0 Å². The number of para-hydroxylation sites is 1. The molecule has 0 radical (unpaired) electrons. The Kier molecular flexibility index (Phi) is 4.62. The van der Waals surface area contributed by atoms with Gasteiger partial charge in [-0.25, -0.2) is 0 Å². The Balaban J connectivity index is 1.36. The number of fused-ring (bicyclic) bond motifs is 5. The van der Waals surface area contributed by atoms with E-state index in [1.54, 1.807) is 24.3 Å². The fraction of sp³-hybridized carbons (Fsp3) is 0.318. The largest absolute Gasteiger partial charge is 0.322 e. The van der Waals surface area contributed by atoms with Crippen molar-refractivity contribution in [2.45, 2.75) is 16.1 Å². The van der Waals surface area contributed by atoms with Crippen molar-refractivity contribution in [2.24, 2.45) is 23.7 Å². The molecule has 3 aliphatic rings. The number of nitrogens with one attached hydrogen (secondary N) is 1. The van der Waals surface area contributed by atoms with E-state index in [2.05, 4.69) is 37.2 Å². The normalized spacial score (nSPS) is 32.6. The lowest BCUT2D eigenvalue weighted by Crippen LogP contribution is -2.37. The molecule has 1 saturated heterocycles. The average molecular weight is 518 g/mol. The number of imide groups is 1. The molecule has 5 rings (SSSR count). The number of nitrogens with zero attached hydrogens (tertiary/aromatic N) is 1. The number of halogens is 2. The van der Waals surface area contributed by atoms with Crippen LogP contribution in [0.3, 0.4) is 0 Å². The molecule has 3 amide bonds. The zero-order valence-corrected chi connectivity index (χ0v) is 18.5. The number of hydrogen-bond donors (Lipinski definition) is 1. The molecule has 5 nitrogen and oxygen atoms in total. The van der Waals surface area contributed by atoms with Gasteiger partial charge in [0.15, 0.2) is 0 Å². The summed E-state index contributed by atoms with van der Waals surface area (Å²) < 4.78 is 0. The van der Waals surface area contributed by atoms with E-state index in [9.17, 15) is 14.4 Å². The number of benzene rings is 2. The Morgan fingerprint density at radius 1 is 0.862 bits per heavy atom. The molecule has 0 unspecified atom stereocenters. The van der Waals surface area contributed by atoms with Gasteiger partial charge in [0.05, 0.1) is 17.5 Å². The fourth-order valence-electron chi connectivity index (χ4n) is 5.09. The third-order valence-electron chi connectivity index (χ3n) is 6.41. The molecule has 0 spiro atoms. The molecule has 3 fully saturated rings. The molecule has 1 N–H and O–H groups in total. The van der Waals surface area contributed by atoms with Gasteiger partial charge < -0.3 is 5.32 Å². The van der Waals surface area contributed by atoms with Crippen LogP contribution < -0.4 is 10.2 Å². The Hall–Kier alpha value is -1.99. The Morgan fingerprint density at radius 2 is 1.41 bits per heavy atom. The van der Waals surface area contributed by atoms with Crippen LogP contribution in [0.15, 0.2) is 54.6 Å². The minimum absolute atomic E-state index is 0.113. The SMILES string of the molecule is O=C(Nc1ccccc1)c1ccc(N2C(=O)[C@@H]3[C@H]4C[C@@H]([C@H](Br)[C@H]4Br)[C@@H]3C2=O)cc1. The highest BCUT2D eigenvalue weighted by molar-refractivity contribution is 9.12. The number of rotatable bonds is 3. The van der Waals surface area contributed by atoms with Gasteiger partial charge in [0.2, 0.25) is 11.8 Å². The van der Waals surface area contributed by atoms with E-state index in [0.29, 0.717) is 16.9 Å². The van der Waals surface area contributed by atoms with E-state index in [4.69, 9.17) is 0 Å². The van der Waals surface area contributed by atoms with Crippen molar-refractivity contribution in [3.8, 4) is 0 Å². The number of carbonyl (C=O) groups excluding carboxylic acids is 3. The van der Waals surface area contributed by atoms with Gasteiger partial charge >= 0.3 is 0 Å². The van der Waals surface area contributed by atoms with Crippen LogP contribution in [0.2, 0.25) is 0 Å². The van der Waals surface area contributed by atoms with Crippen molar-refractivity contribution in [2.75, 3.05) is 10.2 Å². The van der Waals surface area contributed by atoms with Gasteiger partial charge in [-0.2, -0.15) is 0 Å². The number of hydrogen-bond acceptors (Lipinski definition) is 3. The van der Waals surface area contributed by atoms with Gasteiger partial charge in [0.1, 0.15) is 0 Å². The van der Waals surface area contributed by atoms with Gasteiger partial charge in [-0.1, -0.05) is 50.1 Å². The van der Waals surface area contributed by atoms with E-state index in [1.165, 1.54) is 4.90 Å². The van der Waals surface area contributed by atoms with Crippen LogP contribution in [-0.4, -0.2) is 27.4 Å². The Bertz CT molecular complexity index is 963. The monoisotopic (exact) mass is 516 g/mol. The van der Waals surface area contributed by atoms with Crippen LogP contribution in [-0.2, 0) is 9.59 Å². The summed E-state index contributed by atoms with van der Waals surface area (Å²) in [6.07, 6.45) is 0.908. The number of amides is 3. The van der Waals surface area contributed by atoms with Gasteiger partial charge in [-0.15, -0.1) is 0 Å². The molecule has 148 valence electrons. The highest BCUT2D eigenvalue weighted by atomic mass is 79.9. The first-order valence-electron chi connectivity index (χ1n) is 9.60. The van der Waals surface area contributed by atoms with Gasteiger partial charge in [-0.3, -0.25) is 19.3 Å². The minimum Gasteiger partial charge on any atom is -0.322 e. The van der Waals surface area contributed by atoms with Crippen molar-refractivity contribution >= 4 is 61.0 Å². The Morgan fingerprint density at radius 3 is 1.97 bits per heavy atom. The molecule has 1 heterocycles. The van der Waals surface area contributed by atoms with E-state index in [1.807, 2.05) is 30.3 Å². The third-order valence-corrected chi connectivity index (χ3v) is 9.61. The topological polar surface area (TPSA) is 66.5 Å². The molecular formula is C22H18Br2N2O3. The molecule has 0 aromatic heterocycles. The molecule has 6 atom stereocenters. The van der Waals surface area contributed by atoms with Crippen LogP contribution in [0.25, 0.3) is 0 Å². The summed E-state index contributed by atoms with van der Waals surface area (Å²) in [5.74, 6) is -0.575. The maximum absolute atomic E-state index is 13.1. The smallest absolute Gasteiger partial charge is 0.255 e. The molecule has 2 saturated carbocycles. The summed E-state index contributed by atoms with van der Waals surface area (Å²) in [7, 11) is 0. The van der Waals surface area contributed by atoms with E-state index in [-0.39, 0.29) is 51.0 Å². The highest BCUT2D eigenvalue weighted by Crippen LogP contribution is 2.60. The fourth-order valence-corrected chi connectivity index (χ4v) is 6.96. The molecule has 2 bridgehead atoms. The first-order valence-corrected chi connectivity index (χ1v) is 11.4. The predicted octanol–water partition coefficient (Wildman–Crippen LogP) is 4.22. The lowest BCUT2D eigenvalue weighted by atomic mass is 9.81. The highest BCUT2D eigenvalue weighted by Gasteiger charge is 2.66. The second kappa shape index (κ2) is 7.06. The summed E-state index contributed by atoms with van der Waals surface area (Å²) in [6, 6.07) is 15.9. The first-order chi connectivity index (χ1) is 14.0. The van der Waals surface area contributed by atoms with Crippen LogP contribution in [0.1, 0.15) is 16.8 Å². The first kappa shape index (κ1) is 19.0. The van der Waals surface area contributed by atoms with Gasteiger partial charge in [-0.05, 0) is 54.7 Å². The zero-order chi connectivity index (χ0) is 20.3. The summed E-state index contributed by atoms with van der Waals surface area (Å²) in [4.78, 5) is 40.4. The molecule has 1 aliphatic heterocycles. The molecule has 29 heavy (non-hydrogen) atoms. The summed E-state index contributed by atoms with van der Waals surface area (Å²) in [6.45, 7) is 0. The van der Waals surface area contributed by atoms with E-state index >= 15 is 0 Å². The maximum atomic E-state index is 13.1. The quantitative estimate of drug-likeness (QED) is 0.489. The van der Waals surface area contributed by atoms with Gasteiger partial charge in [0, 0.05) is 20.9 Å². The molecular weight excluding hydrogens is 500 g/mol. The third kappa shape index (κ3) is 2.89. The predicted molar refractivity (Wildman–Crippen MR) is 117 cm³/mol. The van der Waals surface area contributed by atoms with Gasteiger partial charge in [0.25, 0.3) is 5.91 Å².